The average molecular weight is 466 g/mol. The number of benzene rings is 1. The van der Waals surface area contributed by atoms with Crippen molar-refractivity contribution in [1.29, 1.82) is 0 Å². The van der Waals surface area contributed by atoms with Gasteiger partial charge in [0.2, 0.25) is 15.8 Å². The SMILES string of the molecule is O=C(NCc1ccc(F)cc1)c1nc2n(c(=O)c1O)CCCC2NCS(=O)(=O)N1CCC1. The summed E-state index contributed by atoms with van der Waals surface area (Å²) >= 11 is 0. The Morgan fingerprint density at radius 3 is 2.56 bits per heavy atom. The number of amides is 1. The van der Waals surface area contributed by atoms with Gasteiger partial charge in [0.25, 0.3) is 11.5 Å². The van der Waals surface area contributed by atoms with Crippen LogP contribution in [0.3, 0.4) is 0 Å². The van der Waals surface area contributed by atoms with Gasteiger partial charge in [-0.2, -0.15) is 0 Å². The van der Waals surface area contributed by atoms with E-state index in [4.69, 9.17) is 0 Å². The van der Waals surface area contributed by atoms with Crippen LogP contribution in [0.5, 0.6) is 5.75 Å². The molecule has 0 spiro atoms. The van der Waals surface area contributed by atoms with Gasteiger partial charge in [-0.15, -0.1) is 0 Å². The molecule has 0 radical (unpaired) electrons. The van der Waals surface area contributed by atoms with Crippen LogP contribution in [-0.4, -0.2) is 52.3 Å². The van der Waals surface area contributed by atoms with Crippen molar-refractivity contribution in [1.82, 2.24) is 24.5 Å². The van der Waals surface area contributed by atoms with E-state index in [0.717, 1.165) is 6.42 Å². The maximum absolute atomic E-state index is 13.0. The number of hydrogen-bond donors (Lipinski definition) is 3. The third kappa shape index (κ3) is 4.52. The van der Waals surface area contributed by atoms with Gasteiger partial charge >= 0.3 is 0 Å². The van der Waals surface area contributed by atoms with E-state index in [2.05, 4.69) is 15.6 Å². The number of nitrogens with zero attached hydrogens (tertiary/aromatic N) is 3. The molecule has 1 saturated heterocycles. The van der Waals surface area contributed by atoms with Gasteiger partial charge in [0.05, 0.1) is 6.04 Å². The predicted molar refractivity (Wildman–Crippen MR) is 113 cm³/mol. The number of nitrogens with one attached hydrogen (secondary N) is 2. The quantitative estimate of drug-likeness (QED) is 0.540. The van der Waals surface area contributed by atoms with Crippen molar-refractivity contribution in [2.24, 2.45) is 0 Å². The maximum atomic E-state index is 13.0. The number of fused-ring (bicyclic) bond motifs is 1. The number of aromatic nitrogens is 2. The first kappa shape index (κ1) is 22.4. The Morgan fingerprint density at radius 1 is 1.19 bits per heavy atom. The molecule has 2 aromatic rings. The summed E-state index contributed by atoms with van der Waals surface area (Å²) in [5, 5.41) is 15.8. The zero-order chi connectivity index (χ0) is 22.9. The summed E-state index contributed by atoms with van der Waals surface area (Å²) in [6, 6.07) is 4.96. The molecule has 172 valence electrons. The molecule has 12 heteroatoms. The predicted octanol–water partition coefficient (Wildman–Crippen LogP) is 0.435. The first-order chi connectivity index (χ1) is 15.3. The van der Waals surface area contributed by atoms with E-state index in [0.29, 0.717) is 38.0 Å². The maximum Gasteiger partial charge on any atom is 0.296 e. The minimum absolute atomic E-state index is 0.0500. The monoisotopic (exact) mass is 465 g/mol. The number of halogens is 1. The van der Waals surface area contributed by atoms with Crippen LogP contribution in [0.4, 0.5) is 4.39 Å². The fourth-order valence-corrected chi connectivity index (χ4v) is 5.12. The number of hydrogen-bond acceptors (Lipinski definition) is 7. The fraction of sp³-hybridized carbons (Fsp3) is 0.450. The van der Waals surface area contributed by atoms with E-state index in [-0.39, 0.29) is 18.2 Å². The van der Waals surface area contributed by atoms with Gasteiger partial charge in [-0.25, -0.2) is 22.1 Å². The Bertz CT molecular complexity index is 1180. The molecule has 0 saturated carbocycles. The lowest BCUT2D eigenvalue weighted by molar-refractivity contribution is 0.0941. The molecule has 2 aliphatic rings. The molecule has 1 aromatic carbocycles. The zero-order valence-corrected chi connectivity index (χ0v) is 18.1. The molecular formula is C20H24FN5O5S. The molecule has 2 aliphatic heterocycles. The van der Waals surface area contributed by atoms with Crippen molar-refractivity contribution in [2.45, 2.75) is 38.4 Å². The molecular weight excluding hydrogens is 441 g/mol. The standard InChI is InChI=1S/C20H24FN5O5S/c21-14-6-4-13(5-7-14)11-22-19(28)16-17(27)20(29)26-10-1-3-15(18(26)24-16)23-12-32(30,31)25-8-2-9-25/h4-7,15,23,27H,1-3,8-12H2,(H,22,28). The van der Waals surface area contributed by atoms with Gasteiger partial charge in [0.1, 0.15) is 17.5 Å². The molecule has 1 unspecified atom stereocenters. The Morgan fingerprint density at radius 2 is 1.91 bits per heavy atom. The summed E-state index contributed by atoms with van der Waals surface area (Å²) in [6.45, 7) is 1.35. The number of carbonyl (C=O) groups excluding carboxylic acids is 1. The Kier molecular flexibility index (Phi) is 6.26. The summed E-state index contributed by atoms with van der Waals surface area (Å²) in [5.74, 6) is -2.02. The van der Waals surface area contributed by atoms with Crippen LogP contribution in [0, 0.1) is 5.82 Å². The lowest BCUT2D eigenvalue weighted by Crippen LogP contribution is -2.47. The molecule has 32 heavy (non-hydrogen) atoms. The highest BCUT2D eigenvalue weighted by atomic mass is 32.2. The largest absolute Gasteiger partial charge is 0.501 e. The van der Waals surface area contributed by atoms with Crippen molar-refractivity contribution in [3.05, 3.63) is 57.5 Å². The Balaban J connectivity index is 1.53. The molecule has 1 aromatic heterocycles. The molecule has 0 aliphatic carbocycles. The van der Waals surface area contributed by atoms with Crippen LogP contribution < -0.4 is 16.2 Å². The van der Waals surface area contributed by atoms with E-state index in [1.165, 1.54) is 33.1 Å². The lowest BCUT2D eigenvalue weighted by Gasteiger charge is -2.32. The molecule has 1 amide bonds. The minimum Gasteiger partial charge on any atom is -0.501 e. The van der Waals surface area contributed by atoms with Gasteiger partial charge in [0.15, 0.2) is 5.69 Å². The van der Waals surface area contributed by atoms with Gasteiger partial charge in [0, 0.05) is 26.2 Å². The topological polar surface area (TPSA) is 134 Å². The lowest BCUT2D eigenvalue weighted by atomic mass is 10.1. The second-order valence-corrected chi connectivity index (χ2v) is 9.81. The van der Waals surface area contributed by atoms with E-state index < -0.39 is 44.8 Å². The van der Waals surface area contributed by atoms with Crippen molar-refractivity contribution in [3.63, 3.8) is 0 Å². The second kappa shape index (κ2) is 8.96. The average Bonchev–Trinajstić information content (AvgIpc) is 2.72. The summed E-state index contributed by atoms with van der Waals surface area (Å²) < 4.78 is 40.4. The van der Waals surface area contributed by atoms with Gasteiger partial charge in [-0.3, -0.25) is 19.5 Å². The van der Waals surface area contributed by atoms with Crippen LogP contribution >= 0.6 is 0 Å². The van der Waals surface area contributed by atoms with E-state index in [9.17, 15) is 27.5 Å². The summed E-state index contributed by atoms with van der Waals surface area (Å²) in [6.07, 6.45) is 1.95. The van der Waals surface area contributed by atoms with Gasteiger partial charge < -0.3 is 10.4 Å². The number of sulfonamides is 1. The van der Waals surface area contributed by atoms with E-state index >= 15 is 0 Å². The smallest absolute Gasteiger partial charge is 0.296 e. The molecule has 1 atom stereocenters. The van der Waals surface area contributed by atoms with E-state index in [1.807, 2.05) is 0 Å². The van der Waals surface area contributed by atoms with Crippen molar-refractivity contribution in [3.8, 4) is 5.75 Å². The summed E-state index contributed by atoms with van der Waals surface area (Å²) in [7, 11) is -3.46. The zero-order valence-electron chi connectivity index (χ0n) is 17.3. The highest BCUT2D eigenvalue weighted by Gasteiger charge is 2.31. The minimum atomic E-state index is -3.46. The normalized spacial score (nSPS) is 18.6. The van der Waals surface area contributed by atoms with Crippen LogP contribution in [0.25, 0.3) is 0 Å². The number of rotatable bonds is 7. The highest BCUT2D eigenvalue weighted by Crippen LogP contribution is 2.25. The van der Waals surface area contributed by atoms with E-state index in [1.54, 1.807) is 0 Å². The summed E-state index contributed by atoms with van der Waals surface area (Å²) in [4.78, 5) is 29.5. The molecule has 0 bridgehead atoms. The van der Waals surface area contributed by atoms with Crippen molar-refractivity contribution >= 4 is 15.9 Å². The van der Waals surface area contributed by atoms with Crippen LogP contribution in [0.15, 0.2) is 29.1 Å². The van der Waals surface area contributed by atoms with Gasteiger partial charge in [-0.05, 0) is 37.0 Å². The Labute approximate surface area is 184 Å². The molecule has 1 fully saturated rings. The summed E-state index contributed by atoms with van der Waals surface area (Å²) in [5.41, 5.74) is -0.550. The number of carbonyl (C=O) groups is 1. The Hall–Kier alpha value is -2.83. The molecule has 3 N–H and O–H groups in total. The highest BCUT2D eigenvalue weighted by molar-refractivity contribution is 7.89. The molecule has 10 nitrogen and oxygen atoms in total. The first-order valence-corrected chi connectivity index (χ1v) is 11.9. The van der Waals surface area contributed by atoms with Gasteiger partial charge in [-0.1, -0.05) is 12.1 Å². The third-order valence-corrected chi connectivity index (χ3v) is 7.35. The fourth-order valence-electron chi connectivity index (χ4n) is 3.71. The third-order valence-electron chi connectivity index (χ3n) is 5.66. The van der Waals surface area contributed by atoms with Crippen molar-refractivity contribution < 1.29 is 22.7 Å². The van der Waals surface area contributed by atoms with Crippen molar-refractivity contribution in [2.75, 3.05) is 19.0 Å². The number of aromatic hydroxyl groups is 1. The second-order valence-electron chi connectivity index (χ2n) is 7.84. The first-order valence-electron chi connectivity index (χ1n) is 10.3. The van der Waals surface area contributed by atoms with Crippen LogP contribution in [-0.2, 0) is 23.1 Å². The van der Waals surface area contributed by atoms with Crippen LogP contribution in [0.1, 0.15) is 47.2 Å². The molecule has 3 heterocycles. The molecule has 4 rings (SSSR count). The van der Waals surface area contributed by atoms with Crippen LogP contribution in [0.2, 0.25) is 0 Å².